The molecule has 0 radical (unpaired) electrons. The molecular formula is C17H13ClN4OS. The van der Waals surface area contributed by atoms with E-state index < -0.39 is 5.60 Å². The van der Waals surface area contributed by atoms with E-state index in [1.807, 2.05) is 41.3 Å². The third-order valence-electron chi connectivity index (χ3n) is 4.10. The Morgan fingerprint density at radius 3 is 2.75 bits per heavy atom. The number of rotatable bonds is 3. The molecule has 0 amide bonds. The summed E-state index contributed by atoms with van der Waals surface area (Å²) in [5.74, 6) is 0.813. The second-order valence-corrected chi connectivity index (χ2v) is 7.43. The Hall–Kier alpha value is -2.20. The molecule has 0 bridgehead atoms. The van der Waals surface area contributed by atoms with Gasteiger partial charge in [-0.1, -0.05) is 23.7 Å². The Morgan fingerprint density at radius 2 is 2.04 bits per heavy atom. The SMILES string of the molecule is N#CCC1(O)CN(c2ncnc3cc(-c4ccc(Cl)cc4)sc23)C1. The van der Waals surface area contributed by atoms with Gasteiger partial charge in [-0.05, 0) is 23.8 Å². The van der Waals surface area contributed by atoms with Crippen LogP contribution >= 0.6 is 22.9 Å². The van der Waals surface area contributed by atoms with E-state index in [1.54, 1.807) is 11.3 Å². The van der Waals surface area contributed by atoms with Crippen molar-refractivity contribution in [3.63, 3.8) is 0 Å². The van der Waals surface area contributed by atoms with Gasteiger partial charge in [-0.2, -0.15) is 5.26 Å². The number of β-amino-alcohol motifs (C(OH)–C–C–N with tert-alkyl or cyclic N) is 1. The molecule has 1 fully saturated rings. The second-order valence-electron chi connectivity index (χ2n) is 5.94. The van der Waals surface area contributed by atoms with Crippen LogP contribution in [0.5, 0.6) is 0 Å². The molecule has 0 unspecified atom stereocenters. The van der Waals surface area contributed by atoms with Gasteiger partial charge in [0.1, 0.15) is 17.7 Å². The third-order valence-corrected chi connectivity index (χ3v) is 5.52. The van der Waals surface area contributed by atoms with Gasteiger partial charge >= 0.3 is 0 Å². The predicted molar refractivity (Wildman–Crippen MR) is 95.3 cm³/mol. The van der Waals surface area contributed by atoms with E-state index in [0.717, 1.165) is 26.5 Å². The van der Waals surface area contributed by atoms with Crippen molar-refractivity contribution in [3.8, 4) is 16.5 Å². The number of aromatic nitrogens is 2. The summed E-state index contributed by atoms with van der Waals surface area (Å²) >= 11 is 7.57. The van der Waals surface area contributed by atoms with Crippen molar-refractivity contribution in [2.75, 3.05) is 18.0 Å². The van der Waals surface area contributed by atoms with Crippen LogP contribution in [-0.2, 0) is 0 Å². The molecule has 3 heterocycles. The maximum absolute atomic E-state index is 10.2. The molecule has 0 aliphatic carbocycles. The van der Waals surface area contributed by atoms with E-state index in [1.165, 1.54) is 6.33 Å². The Bertz CT molecular complexity index is 941. The number of aliphatic hydroxyl groups is 1. The van der Waals surface area contributed by atoms with Crippen molar-refractivity contribution < 1.29 is 5.11 Å². The monoisotopic (exact) mass is 356 g/mol. The van der Waals surface area contributed by atoms with Gasteiger partial charge in [0, 0.05) is 9.90 Å². The summed E-state index contributed by atoms with van der Waals surface area (Å²) in [7, 11) is 0. The molecule has 1 aliphatic rings. The molecule has 1 aromatic carbocycles. The largest absolute Gasteiger partial charge is 0.385 e. The standard InChI is InChI=1S/C17H13ClN4OS/c18-12-3-1-11(2-4-12)14-7-13-15(24-14)16(21-10-20-13)22-8-17(23,9-22)5-6-19/h1-4,7,10,23H,5,8-9H2. The number of benzene rings is 1. The van der Waals surface area contributed by atoms with Crippen molar-refractivity contribution >= 4 is 39.0 Å². The van der Waals surface area contributed by atoms with E-state index in [9.17, 15) is 5.11 Å². The second kappa shape index (κ2) is 5.71. The molecule has 7 heteroatoms. The number of nitrogens with zero attached hydrogens (tertiary/aromatic N) is 4. The molecule has 4 rings (SSSR count). The first-order chi connectivity index (χ1) is 11.6. The minimum atomic E-state index is -0.928. The fraction of sp³-hybridized carbons (Fsp3) is 0.235. The Balaban J connectivity index is 1.69. The highest BCUT2D eigenvalue weighted by Gasteiger charge is 2.42. The van der Waals surface area contributed by atoms with Crippen LogP contribution in [-0.4, -0.2) is 33.8 Å². The van der Waals surface area contributed by atoms with Crippen LogP contribution in [0.4, 0.5) is 5.82 Å². The predicted octanol–water partition coefficient (Wildman–Crippen LogP) is 3.48. The highest BCUT2D eigenvalue weighted by atomic mass is 35.5. The summed E-state index contributed by atoms with van der Waals surface area (Å²) in [5, 5.41) is 19.7. The number of anilines is 1. The zero-order valence-electron chi connectivity index (χ0n) is 12.6. The van der Waals surface area contributed by atoms with Crippen molar-refractivity contribution in [1.29, 1.82) is 5.26 Å². The molecule has 1 saturated heterocycles. The van der Waals surface area contributed by atoms with E-state index >= 15 is 0 Å². The summed E-state index contributed by atoms with van der Waals surface area (Å²) in [6.45, 7) is 0.835. The highest BCUT2D eigenvalue weighted by Crippen LogP contribution is 2.39. The van der Waals surface area contributed by atoms with E-state index in [0.29, 0.717) is 18.1 Å². The molecule has 2 aromatic heterocycles. The summed E-state index contributed by atoms with van der Waals surface area (Å²) < 4.78 is 0.987. The van der Waals surface area contributed by atoms with Gasteiger partial charge in [-0.3, -0.25) is 0 Å². The molecule has 24 heavy (non-hydrogen) atoms. The molecule has 0 spiro atoms. The Kier molecular flexibility index (Phi) is 3.65. The van der Waals surface area contributed by atoms with Gasteiger partial charge in [-0.25, -0.2) is 9.97 Å². The molecule has 1 aliphatic heterocycles. The van der Waals surface area contributed by atoms with Crippen LogP contribution in [0.3, 0.4) is 0 Å². The van der Waals surface area contributed by atoms with Gasteiger partial charge in [0.05, 0.1) is 35.8 Å². The molecule has 0 saturated carbocycles. The van der Waals surface area contributed by atoms with E-state index in [-0.39, 0.29) is 6.42 Å². The lowest BCUT2D eigenvalue weighted by Gasteiger charge is -2.46. The number of fused-ring (bicyclic) bond motifs is 1. The summed E-state index contributed by atoms with van der Waals surface area (Å²) in [6.07, 6.45) is 1.68. The maximum Gasteiger partial charge on any atom is 0.150 e. The van der Waals surface area contributed by atoms with Gasteiger partial charge in [0.2, 0.25) is 0 Å². The van der Waals surface area contributed by atoms with Gasteiger partial charge in [0.25, 0.3) is 0 Å². The lowest BCUT2D eigenvalue weighted by atomic mass is 9.91. The first-order valence-electron chi connectivity index (χ1n) is 7.43. The van der Waals surface area contributed by atoms with Crippen LogP contribution in [0.1, 0.15) is 6.42 Å². The van der Waals surface area contributed by atoms with Crippen LogP contribution in [0.15, 0.2) is 36.7 Å². The lowest BCUT2D eigenvalue weighted by molar-refractivity contribution is 0.0164. The zero-order valence-corrected chi connectivity index (χ0v) is 14.2. The number of nitriles is 1. The average molecular weight is 357 g/mol. The molecule has 1 N–H and O–H groups in total. The number of hydrogen-bond acceptors (Lipinski definition) is 6. The van der Waals surface area contributed by atoms with Crippen LogP contribution in [0.2, 0.25) is 5.02 Å². The lowest BCUT2D eigenvalue weighted by Crippen LogP contribution is -2.62. The number of hydrogen-bond donors (Lipinski definition) is 1. The minimum Gasteiger partial charge on any atom is -0.385 e. The van der Waals surface area contributed by atoms with Crippen molar-refractivity contribution in [3.05, 3.63) is 41.7 Å². The van der Waals surface area contributed by atoms with Gasteiger partial charge in [0.15, 0.2) is 0 Å². The number of halogens is 1. The van der Waals surface area contributed by atoms with Gasteiger partial charge < -0.3 is 10.0 Å². The normalized spacial score (nSPS) is 16.0. The smallest absolute Gasteiger partial charge is 0.150 e. The molecule has 0 atom stereocenters. The molecular weight excluding hydrogens is 344 g/mol. The van der Waals surface area contributed by atoms with Crippen LogP contribution in [0, 0.1) is 11.3 Å². The van der Waals surface area contributed by atoms with Crippen molar-refractivity contribution in [2.24, 2.45) is 0 Å². The first-order valence-corrected chi connectivity index (χ1v) is 8.62. The summed E-state index contributed by atoms with van der Waals surface area (Å²) in [4.78, 5) is 11.8. The van der Waals surface area contributed by atoms with Gasteiger partial charge in [-0.15, -0.1) is 11.3 Å². The highest BCUT2D eigenvalue weighted by molar-refractivity contribution is 7.22. The summed E-state index contributed by atoms with van der Waals surface area (Å²) in [5.41, 5.74) is 1.03. The van der Waals surface area contributed by atoms with Crippen LogP contribution < -0.4 is 4.90 Å². The quantitative estimate of drug-likeness (QED) is 0.777. The average Bonchev–Trinajstić information content (AvgIpc) is 2.97. The fourth-order valence-corrected chi connectivity index (χ4v) is 4.16. The first kappa shape index (κ1) is 15.3. The Labute approximate surface area is 147 Å². The Morgan fingerprint density at radius 1 is 1.29 bits per heavy atom. The maximum atomic E-state index is 10.2. The van der Waals surface area contributed by atoms with E-state index in [2.05, 4.69) is 9.97 Å². The fourth-order valence-electron chi connectivity index (χ4n) is 2.90. The zero-order chi connectivity index (χ0) is 16.7. The molecule has 3 aromatic rings. The molecule has 120 valence electrons. The topological polar surface area (TPSA) is 73.0 Å². The van der Waals surface area contributed by atoms with Crippen molar-refractivity contribution in [1.82, 2.24) is 9.97 Å². The third kappa shape index (κ3) is 2.61. The van der Waals surface area contributed by atoms with E-state index in [4.69, 9.17) is 16.9 Å². The summed E-state index contributed by atoms with van der Waals surface area (Å²) in [6, 6.07) is 11.8. The number of thiophene rings is 1. The van der Waals surface area contributed by atoms with Crippen molar-refractivity contribution in [2.45, 2.75) is 12.0 Å². The minimum absolute atomic E-state index is 0.137. The molecule has 5 nitrogen and oxygen atoms in total. The van der Waals surface area contributed by atoms with Crippen LogP contribution in [0.25, 0.3) is 20.7 Å².